The number of rotatable bonds is 3. The largest absolute Gasteiger partial charge is 0.287 e. The Morgan fingerprint density at radius 3 is 2.83 bits per heavy atom. The Balaban J connectivity index is 2.02. The number of hydrogen-bond acceptors (Lipinski definition) is 5. The van der Waals surface area contributed by atoms with Gasteiger partial charge >= 0.3 is 0 Å². The van der Waals surface area contributed by atoms with Crippen molar-refractivity contribution >= 4 is 33.4 Å². The lowest BCUT2D eigenvalue weighted by Gasteiger charge is -2.14. The fourth-order valence-corrected chi connectivity index (χ4v) is 5.17. The summed E-state index contributed by atoms with van der Waals surface area (Å²) in [6.45, 7) is 0. The molecular weight excluding hydrogens is 338 g/mol. The minimum atomic E-state index is 0.0759. The van der Waals surface area contributed by atoms with E-state index in [0.29, 0.717) is 16.4 Å². The van der Waals surface area contributed by atoms with Crippen LogP contribution in [0, 0.1) is 11.3 Å². The number of nitrogens with zero attached hydrogens (tertiary/aromatic N) is 3. The normalized spacial score (nSPS) is 13.6. The van der Waals surface area contributed by atoms with Crippen LogP contribution in [0.4, 0.5) is 0 Å². The van der Waals surface area contributed by atoms with Crippen LogP contribution in [0.5, 0.6) is 0 Å². The number of thioether (sulfide) groups is 1. The number of para-hydroxylation sites is 1. The maximum Gasteiger partial charge on any atom is 0.211 e. The molecule has 24 heavy (non-hydrogen) atoms. The summed E-state index contributed by atoms with van der Waals surface area (Å²) in [6, 6.07) is 12.1. The number of fused-ring (bicyclic) bond motifs is 2. The van der Waals surface area contributed by atoms with Gasteiger partial charge in [-0.15, -0.1) is 11.3 Å². The molecule has 0 spiro atoms. The molecule has 0 fully saturated rings. The van der Waals surface area contributed by atoms with Gasteiger partial charge in [0.05, 0.1) is 11.8 Å². The monoisotopic (exact) mass is 353 g/mol. The maximum absolute atomic E-state index is 12.9. The predicted octanol–water partition coefficient (Wildman–Crippen LogP) is 3.94. The van der Waals surface area contributed by atoms with Crippen LogP contribution in [0.25, 0.3) is 16.0 Å². The molecule has 0 atom stereocenters. The summed E-state index contributed by atoms with van der Waals surface area (Å²) in [5.74, 6) is 0.314. The average Bonchev–Trinajstić information content (AvgIpc) is 2.99. The molecule has 0 bridgehead atoms. The Morgan fingerprint density at radius 2 is 2.04 bits per heavy atom. The number of hydrogen-bond donors (Lipinski definition) is 0. The van der Waals surface area contributed by atoms with Crippen molar-refractivity contribution in [3.8, 4) is 11.8 Å². The van der Waals surface area contributed by atoms with E-state index in [1.165, 1.54) is 16.6 Å². The molecule has 0 unspecified atom stereocenters. The molecule has 1 aliphatic carbocycles. The van der Waals surface area contributed by atoms with E-state index in [1.54, 1.807) is 11.3 Å². The molecule has 0 saturated heterocycles. The minimum absolute atomic E-state index is 0.0759. The van der Waals surface area contributed by atoms with E-state index in [4.69, 9.17) is 5.26 Å². The first-order valence-corrected chi connectivity index (χ1v) is 9.72. The molecule has 6 heteroatoms. The van der Waals surface area contributed by atoms with E-state index in [9.17, 15) is 4.79 Å². The van der Waals surface area contributed by atoms with Gasteiger partial charge in [-0.1, -0.05) is 30.0 Å². The fraction of sp³-hybridized carbons (Fsp3) is 0.278. The van der Waals surface area contributed by atoms with Gasteiger partial charge in [0.1, 0.15) is 10.3 Å². The van der Waals surface area contributed by atoms with Gasteiger partial charge in [0.2, 0.25) is 5.43 Å². The van der Waals surface area contributed by atoms with Crippen molar-refractivity contribution in [2.75, 3.05) is 5.75 Å². The quantitative estimate of drug-likeness (QED) is 0.669. The van der Waals surface area contributed by atoms with E-state index >= 15 is 0 Å². The summed E-state index contributed by atoms with van der Waals surface area (Å²) in [4.78, 5) is 19.6. The molecule has 0 radical (unpaired) electrons. The van der Waals surface area contributed by atoms with Gasteiger partial charge in [-0.25, -0.2) is 4.98 Å². The fourth-order valence-electron chi connectivity index (χ4n) is 3.12. The second-order valence-electron chi connectivity index (χ2n) is 5.71. The summed E-state index contributed by atoms with van der Waals surface area (Å²) in [6.07, 6.45) is 4.06. The Kier molecular flexibility index (Phi) is 4.13. The van der Waals surface area contributed by atoms with Crippen LogP contribution in [-0.4, -0.2) is 15.3 Å². The second-order valence-corrected chi connectivity index (χ2v) is 7.73. The lowest BCUT2D eigenvalue weighted by atomic mass is 9.98. The number of benzene rings is 1. The van der Waals surface area contributed by atoms with Crippen molar-refractivity contribution < 1.29 is 0 Å². The Labute approximate surface area is 147 Å². The average molecular weight is 353 g/mol. The third kappa shape index (κ3) is 2.54. The maximum atomic E-state index is 12.9. The van der Waals surface area contributed by atoms with Crippen LogP contribution in [0.3, 0.4) is 0 Å². The van der Waals surface area contributed by atoms with Gasteiger partial charge in [-0.2, -0.15) is 5.26 Å². The Morgan fingerprint density at radius 1 is 1.25 bits per heavy atom. The summed E-state index contributed by atoms with van der Waals surface area (Å²) in [7, 11) is 0. The number of imidazole rings is 1. The summed E-state index contributed by atoms with van der Waals surface area (Å²) in [5.41, 5.74) is 2.55. The van der Waals surface area contributed by atoms with Gasteiger partial charge in [0.15, 0.2) is 5.16 Å². The molecule has 0 aliphatic heterocycles. The molecule has 1 aliphatic rings. The van der Waals surface area contributed by atoms with Crippen LogP contribution in [-0.2, 0) is 12.8 Å². The zero-order valence-electron chi connectivity index (χ0n) is 13.0. The van der Waals surface area contributed by atoms with E-state index in [0.717, 1.165) is 41.8 Å². The van der Waals surface area contributed by atoms with Gasteiger partial charge in [-0.3, -0.25) is 9.36 Å². The first-order valence-electron chi connectivity index (χ1n) is 7.92. The van der Waals surface area contributed by atoms with Crippen molar-refractivity contribution in [3.63, 3.8) is 0 Å². The molecule has 2 aromatic heterocycles. The second kappa shape index (κ2) is 6.42. The van der Waals surface area contributed by atoms with Crippen molar-refractivity contribution in [1.82, 2.24) is 9.55 Å². The topological polar surface area (TPSA) is 58.7 Å². The van der Waals surface area contributed by atoms with E-state index in [-0.39, 0.29) is 5.43 Å². The van der Waals surface area contributed by atoms with Crippen molar-refractivity contribution in [2.24, 2.45) is 0 Å². The van der Waals surface area contributed by atoms with Gasteiger partial charge < -0.3 is 0 Å². The highest BCUT2D eigenvalue weighted by molar-refractivity contribution is 7.99. The highest BCUT2D eigenvalue weighted by Gasteiger charge is 2.22. The lowest BCUT2D eigenvalue weighted by Crippen LogP contribution is -2.15. The zero-order chi connectivity index (χ0) is 16.5. The molecule has 0 N–H and O–H groups in total. The van der Waals surface area contributed by atoms with Crippen LogP contribution < -0.4 is 5.43 Å². The standard InChI is InChI=1S/C18H15N3OS2/c19-10-11-23-18-20-15-16(22)13-8-4-5-9-14(13)24-17(15)21(18)12-6-2-1-3-7-12/h1-3,6-7H,4-5,8-9,11H2. The third-order valence-corrected chi connectivity index (χ3v) is 6.28. The SMILES string of the molecule is N#CCSc1nc2c(=O)c3c(sc2n1-c1ccccc1)CCCC3. The first kappa shape index (κ1) is 15.4. The number of aromatic nitrogens is 2. The van der Waals surface area contributed by atoms with E-state index in [2.05, 4.69) is 11.1 Å². The summed E-state index contributed by atoms with van der Waals surface area (Å²) >= 11 is 3.06. The molecule has 4 nitrogen and oxygen atoms in total. The smallest absolute Gasteiger partial charge is 0.211 e. The summed E-state index contributed by atoms with van der Waals surface area (Å²) in [5, 5.41) is 9.64. The van der Waals surface area contributed by atoms with Crippen LogP contribution in [0.15, 0.2) is 40.3 Å². The van der Waals surface area contributed by atoms with Gasteiger partial charge in [0.25, 0.3) is 0 Å². The predicted molar refractivity (Wildman–Crippen MR) is 98.2 cm³/mol. The Bertz CT molecular complexity index is 999. The van der Waals surface area contributed by atoms with Crippen LogP contribution >= 0.6 is 23.1 Å². The highest BCUT2D eigenvalue weighted by Crippen LogP contribution is 2.33. The Hall–Kier alpha value is -2.10. The zero-order valence-corrected chi connectivity index (χ0v) is 14.6. The third-order valence-electron chi connectivity index (χ3n) is 4.21. The van der Waals surface area contributed by atoms with Gasteiger partial charge in [-0.05, 0) is 37.8 Å². The van der Waals surface area contributed by atoms with Crippen LogP contribution in [0.2, 0.25) is 0 Å². The summed E-state index contributed by atoms with van der Waals surface area (Å²) < 4.78 is 2.03. The lowest BCUT2D eigenvalue weighted by molar-refractivity contribution is 0.692. The van der Waals surface area contributed by atoms with Crippen molar-refractivity contribution in [2.45, 2.75) is 30.8 Å². The van der Waals surface area contributed by atoms with E-state index < -0.39 is 0 Å². The molecular formula is C18H15N3OS2. The minimum Gasteiger partial charge on any atom is -0.287 e. The molecule has 3 aromatic rings. The first-order chi connectivity index (χ1) is 11.8. The van der Waals surface area contributed by atoms with Crippen molar-refractivity contribution in [1.29, 1.82) is 5.26 Å². The van der Waals surface area contributed by atoms with Gasteiger partial charge in [0, 0.05) is 16.1 Å². The molecule has 2 heterocycles. The molecule has 4 rings (SSSR count). The number of nitriles is 1. The van der Waals surface area contributed by atoms with E-state index in [1.807, 2.05) is 34.9 Å². The molecule has 0 saturated carbocycles. The molecule has 1 aromatic carbocycles. The molecule has 0 amide bonds. The molecule has 120 valence electrons. The van der Waals surface area contributed by atoms with Crippen LogP contribution in [0.1, 0.15) is 23.3 Å². The van der Waals surface area contributed by atoms with Crippen molar-refractivity contribution in [3.05, 3.63) is 51.0 Å². The highest BCUT2D eigenvalue weighted by atomic mass is 32.2. The number of aryl methyl sites for hydroxylation is 1.